The normalized spacial score (nSPS) is 21.6. The molecular weight excluding hydrogens is 470 g/mol. The molecule has 1 aliphatic heterocycles. The second kappa shape index (κ2) is 10.3. The molecule has 0 unspecified atom stereocenters. The monoisotopic (exact) mass is 504 g/mol. The van der Waals surface area contributed by atoms with E-state index in [-0.39, 0.29) is 12.0 Å². The van der Waals surface area contributed by atoms with Crippen molar-refractivity contribution in [2.24, 2.45) is 0 Å². The fourth-order valence-corrected chi connectivity index (χ4v) is 6.00. The van der Waals surface area contributed by atoms with Gasteiger partial charge in [-0.15, -0.1) is 0 Å². The van der Waals surface area contributed by atoms with Crippen molar-refractivity contribution in [3.8, 4) is 11.3 Å². The number of likely N-dealkylation sites (N-methyl/N-ethyl adjacent to an activating group) is 1. The fraction of sp³-hybridized carbons (Fsp3) is 0.448. The molecule has 37 heavy (non-hydrogen) atoms. The van der Waals surface area contributed by atoms with E-state index in [4.69, 9.17) is 5.10 Å². The minimum Gasteiger partial charge on any atom is -0.342 e. The van der Waals surface area contributed by atoms with E-state index in [0.717, 1.165) is 41.7 Å². The van der Waals surface area contributed by atoms with Crippen LogP contribution in [0.3, 0.4) is 0 Å². The summed E-state index contributed by atoms with van der Waals surface area (Å²) in [5.41, 5.74) is 3.56. The van der Waals surface area contributed by atoms with E-state index in [1.165, 1.54) is 57.2 Å². The molecule has 3 heterocycles. The van der Waals surface area contributed by atoms with Crippen molar-refractivity contribution in [3.05, 3.63) is 71.7 Å². The molecule has 194 valence electrons. The summed E-state index contributed by atoms with van der Waals surface area (Å²) < 4.78 is 30.3. The molecule has 0 bridgehead atoms. The zero-order chi connectivity index (χ0) is 25.4. The minimum absolute atomic E-state index is 0.0264. The Bertz CT molecular complexity index is 1340. The van der Waals surface area contributed by atoms with Gasteiger partial charge in [-0.3, -0.25) is 9.58 Å². The highest BCUT2D eigenvalue weighted by Gasteiger charge is 2.29. The highest BCUT2D eigenvalue weighted by atomic mass is 19.1. The van der Waals surface area contributed by atoms with Gasteiger partial charge >= 0.3 is 0 Å². The van der Waals surface area contributed by atoms with Gasteiger partial charge in [0.15, 0.2) is 0 Å². The van der Waals surface area contributed by atoms with E-state index in [0.29, 0.717) is 17.9 Å². The summed E-state index contributed by atoms with van der Waals surface area (Å²) in [5, 5.41) is 4.93. The maximum atomic E-state index is 14.1. The minimum atomic E-state index is -0.556. The molecular formula is C29H34F2N6. The van der Waals surface area contributed by atoms with Crippen LogP contribution in [-0.4, -0.2) is 68.3 Å². The molecule has 8 heteroatoms. The number of hydrogen-bond donors (Lipinski definition) is 1. The summed E-state index contributed by atoms with van der Waals surface area (Å²) in [7, 11) is 0. The van der Waals surface area contributed by atoms with Gasteiger partial charge in [-0.2, -0.15) is 5.10 Å². The SMILES string of the molecule is CCN1CCN(C2CCC(n3ccc(-c4ccc5nc(Cc6c(F)cccc6F)[nH]c5c4)n3)CC2)CC1. The molecule has 1 saturated heterocycles. The average molecular weight is 505 g/mol. The van der Waals surface area contributed by atoms with Crippen LogP contribution < -0.4 is 0 Å². The number of benzene rings is 2. The highest BCUT2D eigenvalue weighted by molar-refractivity contribution is 5.81. The lowest BCUT2D eigenvalue weighted by Crippen LogP contribution is -2.51. The summed E-state index contributed by atoms with van der Waals surface area (Å²) in [6, 6.07) is 13.1. The first-order valence-electron chi connectivity index (χ1n) is 13.5. The number of H-pyrrole nitrogens is 1. The van der Waals surface area contributed by atoms with Crippen LogP contribution in [0, 0.1) is 11.6 Å². The second-order valence-corrected chi connectivity index (χ2v) is 10.4. The quantitative estimate of drug-likeness (QED) is 0.381. The van der Waals surface area contributed by atoms with Gasteiger partial charge in [-0.05, 0) is 62.6 Å². The van der Waals surface area contributed by atoms with Crippen molar-refractivity contribution in [1.82, 2.24) is 29.5 Å². The predicted octanol–water partition coefficient (Wildman–Crippen LogP) is 5.42. The zero-order valence-electron chi connectivity index (χ0n) is 21.3. The summed E-state index contributed by atoms with van der Waals surface area (Å²) in [6.07, 6.45) is 6.97. The van der Waals surface area contributed by atoms with Crippen LogP contribution in [0.25, 0.3) is 22.3 Å². The Balaban J connectivity index is 1.11. The maximum absolute atomic E-state index is 14.1. The summed E-state index contributed by atoms with van der Waals surface area (Å²) in [5.74, 6) is -0.575. The van der Waals surface area contributed by atoms with Gasteiger partial charge < -0.3 is 9.88 Å². The molecule has 0 atom stereocenters. The van der Waals surface area contributed by atoms with E-state index in [2.05, 4.69) is 43.6 Å². The molecule has 1 N–H and O–H groups in total. The average Bonchev–Trinajstić information content (AvgIpc) is 3.58. The van der Waals surface area contributed by atoms with Gasteiger partial charge in [0.2, 0.25) is 0 Å². The number of nitrogens with one attached hydrogen (secondary N) is 1. The molecule has 2 aromatic carbocycles. The molecule has 0 amide bonds. The first-order valence-corrected chi connectivity index (χ1v) is 13.5. The Kier molecular flexibility index (Phi) is 6.78. The third-order valence-electron chi connectivity index (χ3n) is 8.25. The first-order chi connectivity index (χ1) is 18.1. The van der Waals surface area contributed by atoms with E-state index in [1.807, 2.05) is 18.2 Å². The summed E-state index contributed by atoms with van der Waals surface area (Å²) in [4.78, 5) is 13.0. The molecule has 1 aliphatic carbocycles. The van der Waals surface area contributed by atoms with Crippen molar-refractivity contribution >= 4 is 11.0 Å². The second-order valence-electron chi connectivity index (χ2n) is 10.4. The lowest BCUT2D eigenvalue weighted by molar-refractivity contribution is 0.0728. The van der Waals surface area contributed by atoms with Crippen LogP contribution in [0.1, 0.15) is 50.0 Å². The van der Waals surface area contributed by atoms with Crippen molar-refractivity contribution in [2.75, 3.05) is 32.7 Å². The van der Waals surface area contributed by atoms with Gasteiger partial charge in [0.05, 0.1) is 22.8 Å². The molecule has 1 saturated carbocycles. The Hall–Kier alpha value is -3.10. The van der Waals surface area contributed by atoms with Crippen molar-refractivity contribution < 1.29 is 8.78 Å². The summed E-state index contributed by atoms with van der Waals surface area (Å²) in [6.45, 7) is 8.19. The number of imidazole rings is 1. The molecule has 6 nitrogen and oxygen atoms in total. The van der Waals surface area contributed by atoms with Crippen LogP contribution in [-0.2, 0) is 6.42 Å². The molecule has 2 aromatic heterocycles. The standard InChI is InChI=1S/C29H34F2N6/c1-2-35-14-16-36(17-15-35)21-7-9-22(10-8-21)37-13-12-26(34-37)20-6-11-27-28(18-20)33-29(32-27)19-23-24(30)4-3-5-25(23)31/h3-6,11-13,18,21-22H,2,7-10,14-17,19H2,1H3,(H,32,33). The fourth-order valence-electron chi connectivity index (χ4n) is 6.00. The number of aromatic amines is 1. The van der Waals surface area contributed by atoms with Gasteiger partial charge in [0, 0.05) is 56.0 Å². The van der Waals surface area contributed by atoms with Gasteiger partial charge in [0.1, 0.15) is 17.5 Å². The number of fused-ring (bicyclic) bond motifs is 1. The van der Waals surface area contributed by atoms with Gasteiger partial charge in [0.25, 0.3) is 0 Å². The molecule has 2 fully saturated rings. The number of aromatic nitrogens is 4. The molecule has 6 rings (SSSR count). The number of rotatable bonds is 6. The third-order valence-corrected chi connectivity index (χ3v) is 8.25. The maximum Gasteiger partial charge on any atom is 0.129 e. The number of nitrogens with zero attached hydrogens (tertiary/aromatic N) is 5. The molecule has 4 aromatic rings. The van der Waals surface area contributed by atoms with Crippen LogP contribution in [0.2, 0.25) is 0 Å². The topological polar surface area (TPSA) is 53.0 Å². The van der Waals surface area contributed by atoms with Crippen molar-refractivity contribution in [1.29, 1.82) is 0 Å². The van der Waals surface area contributed by atoms with E-state index in [9.17, 15) is 8.78 Å². The highest BCUT2D eigenvalue weighted by Crippen LogP contribution is 2.32. The van der Waals surface area contributed by atoms with Crippen LogP contribution in [0.5, 0.6) is 0 Å². The Labute approximate surface area is 216 Å². The van der Waals surface area contributed by atoms with Gasteiger partial charge in [-0.25, -0.2) is 13.8 Å². The Morgan fingerprint density at radius 2 is 1.65 bits per heavy atom. The summed E-state index contributed by atoms with van der Waals surface area (Å²) >= 11 is 0. The van der Waals surface area contributed by atoms with E-state index >= 15 is 0 Å². The predicted molar refractivity (Wildman–Crippen MR) is 141 cm³/mol. The van der Waals surface area contributed by atoms with E-state index < -0.39 is 11.6 Å². The Morgan fingerprint density at radius 3 is 2.38 bits per heavy atom. The third kappa shape index (κ3) is 5.05. The van der Waals surface area contributed by atoms with Crippen LogP contribution in [0.4, 0.5) is 8.78 Å². The Morgan fingerprint density at radius 1 is 0.919 bits per heavy atom. The molecule has 2 aliphatic rings. The number of halogens is 2. The lowest BCUT2D eigenvalue weighted by Gasteiger charge is -2.41. The molecule has 0 radical (unpaired) electrons. The smallest absolute Gasteiger partial charge is 0.129 e. The largest absolute Gasteiger partial charge is 0.342 e. The van der Waals surface area contributed by atoms with E-state index in [1.54, 1.807) is 0 Å². The molecule has 0 spiro atoms. The van der Waals surface area contributed by atoms with Gasteiger partial charge in [-0.1, -0.05) is 19.1 Å². The first kappa shape index (κ1) is 24.2. The zero-order valence-corrected chi connectivity index (χ0v) is 21.3. The van der Waals surface area contributed by atoms with Crippen molar-refractivity contribution in [2.45, 2.75) is 51.1 Å². The number of hydrogen-bond acceptors (Lipinski definition) is 4. The number of piperazine rings is 1. The van der Waals surface area contributed by atoms with Crippen LogP contribution in [0.15, 0.2) is 48.7 Å². The van der Waals surface area contributed by atoms with Crippen LogP contribution >= 0.6 is 0 Å². The lowest BCUT2D eigenvalue weighted by atomic mass is 9.90. The van der Waals surface area contributed by atoms with Crippen molar-refractivity contribution in [3.63, 3.8) is 0 Å².